The van der Waals surface area contributed by atoms with Gasteiger partial charge < -0.3 is 4.57 Å². The van der Waals surface area contributed by atoms with E-state index in [9.17, 15) is 0 Å². The molecule has 136 valence electrons. The van der Waals surface area contributed by atoms with Crippen molar-refractivity contribution in [1.82, 2.24) is 4.57 Å². The van der Waals surface area contributed by atoms with Gasteiger partial charge in [-0.05, 0) is 60.4 Å². The van der Waals surface area contributed by atoms with Crippen LogP contribution in [-0.4, -0.2) is 4.57 Å². The lowest BCUT2D eigenvalue weighted by molar-refractivity contribution is 0.642. The Balaban J connectivity index is 1.86. The highest BCUT2D eigenvalue weighted by Gasteiger charge is 2.14. The summed E-state index contributed by atoms with van der Waals surface area (Å²) in [6, 6.07) is 7.14. The van der Waals surface area contributed by atoms with Crippen molar-refractivity contribution in [2.24, 2.45) is 0 Å². The van der Waals surface area contributed by atoms with Crippen LogP contribution >= 0.6 is 0 Å². The second-order valence-electron chi connectivity index (χ2n) is 6.93. The molecule has 1 heterocycles. The molecule has 1 nitrogen and oxygen atoms in total. The highest BCUT2D eigenvalue weighted by molar-refractivity contribution is 6.10. The summed E-state index contributed by atoms with van der Waals surface area (Å²) in [5.74, 6) is 0. The van der Waals surface area contributed by atoms with Crippen molar-refractivity contribution in [3.8, 4) is 22.3 Å². The molecule has 0 bridgehead atoms. The summed E-state index contributed by atoms with van der Waals surface area (Å²) in [7, 11) is 0. The van der Waals surface area contributed by atoms with E-state index in [-0.39, 0.29) is 41.3 Å². The molecule has 0 N–H and O–H groups in total. The number of hydrogen-bond acceptors (Lipinski definition) is 0. The Kier molecular flexibility index (Phi) is 2.21. The van der Waals surface area contributed by atoms with Crippen molar-refractivity contribution >= 4 is 21.8 Å². The van der Waals surface area contributed by atoms with E-state index in [1.54, 1.807) is 24.3 Å². The minimum Gasteiger partial charge on any atom is -0.338 e. The fraction of sp³-hybridized carbons (Fsp3) is 0.111. The molecule has 0 saturated carbocycles. The molecule has 0 unspecified atom stereocenters. The summed E-state index contributed by atoms with van der Waals surface area (Å²) in [6.45, 7) is 4.07. The molecule has 1 heteroatoms. The lowest BCUT2D eigenvalue weighted by Gasteiger charge is -2.12. The summed E-state index contributed by atoms with van der Waals surface area (Å²) in [5, 5.41) is 1.51. The number of rotatable bonds is 3. The van der Waals surface area contributed by atoms with Gasteiger partial charge in [-0.15, -0.1) is 0 Å². The molecule has 0 aliphatic carbocycles. The van der Waals surface area contributed by atoms with Gasteiger partial charge in [-0.1, -0.05) is 72.6 Å². The zero-order chi connectivity index (χ0) is 27.8. The van der Waals surface area contributed by atoms with Gasteiger partial charge >= 0.3 is 0 Å². The Labute approximate surface area is 179 Å². The Morgan fingerprint density at radius 3 is 1.43 bits per heavy atom. The molecule has 5 aromatic rings. The van der Waals surface area contributed by atoms with Gasteiger partial charge in [0.1, 0.15) is 0 Å². The van der Waals surface area contributed by atoms with Crippen LogP contribution < -0.4 is 0 Å². The van der Waals surface area contributed by atoms with Gasteiger partial charge in [0.25, 0.3) is 0 Å². The predicted molar refractivity (Wildman–Crippen MR) is 121 cm³/mol. The van der Waals surface area contributed by atoms with Gasteiger partial charge in [-0.2, -0.15) is 0 Å². The first kappa shape index (κ1) is 9.25. The molecule has 0 spiro atoms. The summed E-state index contributed by atoms with van der Waals surface area (Å²) in [4.78, 5) is 0. The second-order valence-corrected chi connectivity index (χ2v) is 6.93. The van der Waals surface area contributed by atoms with Crippen LogP contribution in [0.5, 0.6) is 0 Å². The number of aromatic nitrogens is 1. The summed E-state index contributed by atoms with van der Waals surface area (Å²) in [6.07, 6.45) is 0. The van der Waals surface area contributed by atoms with Gasteiger partial charge in [-0.3, -0.25) is 0 Å². The fourth-order valence-electron chi connectivity index (χ4n) is 3.71. The van der Waals surface area contributed by atoms with Gasteiger partial charge in [-0.25, -0.2) is 0 Å². The smallest absolute Gasteiger partial charge is 0.0629 e. The Morgan fingerprint density at radius 1 is 0.607 bits per heavy atom. The normalized spacial score (nSPS) is 16.5. The average Bonchev–Trinajstić information content (AvgIpc) is 3.22. The summed E-state index contributed by atoms with van der Waals surface area (Å²) in [5.41, 5.74) is 2.86. The maximum absolute atomic E-state index is 8.40. The van der Waals surface area contributed by atoms with E-state index in [2.05, 4.69) is 4.57 Å². The zero-order valence-corrected chi connectivity index (χ0v) is 15.5. The van der Waals surface area contributed by atoms with Gasteiger partial charge in [0, 0.05) is 27.8 Å². The number of fused-ring (bicyclic) bond motifs is 3. The molecule has 4 aromatic carbocycles. The highest BCUT2D eigenvalue weighted by atomic mass is 15.0. The summed E-state index contributed by atoms with van der Waals surface area (Å²) < 4.78 is 83.8. The van der Waals surface area contributed by atoms with E-state index in [0.29, 0.717) is 11.1 Å². The standard InChI is InChI=1S/C27H23N/c1-19(2)28-26-15-13-22(20-9-5-3-6-10-20)17-24(26)25-18-23(14-16-27(25)28)21-11-7-4-8-12-21/h3-19H,1-2H3/i3D,4D,5D,6D,7D,8D,9D,10D,11D,12D. The van der Waals surface area contributed by atoms with E-state index in [1.165, 1.54) is 0 Å². The van der Waals surface area contributed by atoms with Gasteiger partial charge in [0.05, 0.1) is 13.7 Å². The molecule has 28 heavy (non-hydrogen) atoms. The van der Waals surface area contributed by atoms with Crippen LogP contribution in [-0.2, 0) is 0 Å². The lowest BCUT2D eigenvalue weighted by Crippen LogP contribution is -1.99. The first-order chi connectivity index (χ1) is 17.9. The SMILES string of the molecule is [2H]c1c([2H])c([2H])c(-c2ccc3c(c2)c2cc(-c4c([2H])c([2H])c([2H])c([2H])c4[2H])ccc2n3C(C)C)c([2H])c1[2H]. The highest BCUT2D eigenvalue weighted by Crippen LogP contribution is 2.36. The number of hydrogen-bond donors (Lipinski definition) is 0. The van der Waals surface area contributed by atoms with Crippen LogP contribution in [0.3, 0.4) is 0 Å². The molecule has 0 atom stereocenters. The monoisotopic (exact) mass is 371 g/mol. The zero-order valence-electron chi connectivity index (χ0n) is 25.5. The molecule has 0 amide bonds. The van der Waals surface area contributed by atoms with Crippen molar-refractivity contribution in [1.29, 1.82) is 0 Å². The lowest BCUT2D eigenvalue weighted by atomic mass is 10.0. The molecular formula is C27H23N. The first-order valence-corrected chi connectivity index (χ1v) is 9.09. The van der Waals surface area contributed by atoms with Gasteiger partial charge in [0.2, 0.25) is 0 Å². The van der Waals surface area contributed by atoms with E-state index in [1.807, 2.05) is 26.0 Å². The van der Waals surface area contributed by atoms with E-state index >= 15 is 0 Å². The average molecular weight is 372 g/mol. The molecule has 0 aliphatic rings. The van der Waals surface area contributed by atoms with Crippen LogP contribution in [0, 0.1) is 0 Å². The maximum atomic E-state index is 8.40. The maximum Gasteiger partial charge on any atom is 0.0629 e. The molecule has 1 aromatic heterocycles. The Bertz CT molecular complexity index is 1620. The third-order valence-electron chi connectivity index (χ3n) is 4.90. The van der Waals surface area contributed by atoms with Crippen LogP contribution in [0.1, 0.15) is 33.6 Å². The first-order valence-electron chi connectivity index (χ1n) is 14.1. The Hall–Kier alpha value is -3.32. The van der Waals surface area contributed by atoms with Crippen molar-refractivity contribution in [2.45, 2.75) is 19.9 Å². The molecule has 5 rings (SSSR count). The van der Waals surface area contributed by atoms with E-state index < -0.39 is 36.3 Å². The van der Waals surface area contributed by atoms with Crippen LogP contribution in [0.4, 0.5) is 0 Å². The molecule has 0 radical (unpaired) electrons. The van der Waals surface area contributed by atoms with Crippen molar-refractivity contribution in [3.05, 3.63) is 96.8 Å². The third kappa shape index (κ3) is 2.71. The van der Waals surface area contributed by atoms with Crippen molar-refractivity contribution in [3.63, 3.8) is 0 Å². The topological polar surface area (TPSA) is 4.93 Å². The van der Waals surface area contributed by atoms with Crippen molar-refractivity contribution < 1.29 is 13.7 Å². The van der Waals surface area contributed by atoms with Crippen LogP contribution in [0.15, 0.2) is 96.8 Å². The fourth-order valence-corrected chi connectivity index (χ4v) is 3.71. The largest absolute Gasteiger partial charge is 0.338 e. The van der Waals surface area contributed by atoms with Crippen molar-refractivity contribution in [2.75, 3.05) is 0 Å². The molecule has 0 fully saturated rings. The van der Waals surface area contributed by atoms with E-state index in [4.69, 9.17) is 13.7 Å². The number of benzene rings is 4. The summed E-state index contributed by atoms with van der Waals surface area (Å²) >= 11 is 0. The minimum atomic E-state index is -0.454. The number of nitrogens with zero attached hydrogens (tertiary/aromatic N) is 1. The Morgan fingerprint density at radius 2 is 1.04 bits per heavy atom. The second kappa shape index (κ2) is 6.69. The quantitative estimate of drug-likeness (QED) is 0.306. The van der Waals surface area contributed by atoms with Crippen LogP contribution in [0.25, 0.3) is 44.1 Å². The van der Waals surface area contributed by atoms with Crippen LogP contribution in [0.2, 0.25) is 0 Å². The molecule has 0 saturated heterocycles. The van der Waals surface area contributed by atoms with E-state index in [0.717, 1.165) is 21.8 Å². The third-order valence-corrected chi connectivity index (χ3v) is 4.90. The predicted octanol–water partition coefficient (Wildman–Crippen LogP) is 7.71. The molecule has 0 aliphatic heterocycles. The molecular weight excluding hydrogens is 338 g/mol. The van der Waals surface area contributed by atoms with Gasteiger partial charge in [0.15, 0.2) is 0 Å². The minimum absolute atomic E-state index is 0.0632.